The Balaban J connectivity index is 3.59. The second-order valence-corrected chi connectivity index (χ2v) is 4.84. The molecule has 0 aliphatic heterocycles. The van der Waals surface area contributed by atoms with Crippen molar-refractivity contribution in [1.29, 1.82) is 0 Å². The Labute approximate surface area is 98.9 Å². The van der Waals surface area contributed by atoms with Crippen molar-refractivity contribution in [3.8, 4) is 0 Å². The van der Waals surface area contributed by atoms with E-state index in [1.807, 2.05) is 34.7 Å². The molecule has 0 saturated heterocycles. The van der Waals surface area contributed by atoms with E-state index in [1.165, 1.54) is 0 Å². The smallest absolute Gasteiger partial charge is 0.307 e. The Morgan fingerprint density at radius 2 is 1.88 bits per heavy atom. The molecule has 0 spiro atoms. The first-order valence-electron chi connectivity index (χ1n) is 5.83. The predicted octanol–water partition coefficient (Wildman–Crippen LogP) is 1.69. The molecule has 4 heteroatoms. The third kappa shape index (κ3) is 9.93. The molecule has 4 nitrogen and oxygen atoms in total. The molecule has 96 valence electrons. The van der Waals surface area contributed by atoms with Gasteiger partial charge in [-0.25, -0.2) is 0 Å². The number of ether oxygens (including phenoxy) is 2. The molecule has 0 bridgehead atoms. The fourth-order valence-electron chi connectivity index (χ4n) is 1.15. The summed E-state index contributed by atoms with van der Waals surface area (Å²) in [7, 11) is 1.98. The summed E-state index contributed by atoms with van der Waals surface area (Å²) in [6.07, 6.45) is 0.430. The van der Waals surface area contributed by atoms with Crippen molar-refractivity contribution in [2.24, 2.45) is 0 Å². The summed E-state index contributed by atoms with van der Waals surface area (Å²) in [5.41, 5.74) is -0.388. The summed E-state index contributed by atoms with van der Waals surface area (Å²) in [5, 5.41) is 0. The molecule has 0 unspecified atom stereocenters. The molecular weight excluding hydrogens is 206 g/mol. The Morgan fingerprint density at radius 3 is 2.38 bits per heavy atom. The second-order valence-electron chi connectivity index (χ2n) is 4.84. The summed E-state index contributed by atoms with van der Waals surface area (Å²) in [5.74, 6) is -0.143. The van der Waals surface area contributed by atoms with Gasteiger partial charge >= 0.3 is 5.97 Å². The summed E-state index contributed by atoms with van der Waals surface area (Å²) < 4.78 is 10.5. The van der Waals surface area contributed by atoms with Crippen LogP contribution >= 0.6 is 0 Å². The zero-order valence-corrected chi connectivity index (χ0v) is 11.2. The van der Waals surface area contributed by atoms with Crippen LogP contribution in [0.2, 0.25) is 0 Å². The van der Waals surface area contributed by atoms with Gasteiger partial charge in [0.1, 0.15) is 5.60 Å². The van der Waals surface area contributed by atoms with Crippen molar-refractivity contribution in [3.05, 3.63) is 0 Å². The van der Waals surface area contributed by atoms with Crippen molar-refractivity contribution in [2.45, 2.75) is 39.7 Å². The third-order valence-corrected chi connectivity index (χ3v) is 1.94. The monoisotopic (exact) mass is 231 g/mol. The Kier molecular flexibility index (Phi) is 7.34. The fourth-order valence-corrected chi connectivity index (χ4v) is 1.15. The summed E-state index contributed by atoms with van der Waals surface area (Å²) >= 11 is 0. The SMILES string of the molecule is CCOCCN(C)CCC(=O)OC(C)(C)C. The molecule has 16 heavy (non-hydrogen) atoms. The molecule has 0 aliphatic rings. The second kappa shape index (κ2) is 7.63. The lowest BCUT2D eigenvalue weighted by atomic mass is 10.2. The minimum atomic E-state index is -0.388. The highest BCUT2D eigenvalue weighted by Gasteiger charge is 2.16. The highest BCUT2D eigenvalue weighted by Crippen LogP contribution is 2.08. The molecule has 0 radical (unpaired) electrons. The topological polar surface area (TPSA) is 38.8 Å². The van der Waals surface area contributed by atoms with E-state index in [0.29, 0.717) is 19.6 Å². The maximum atomic E-state index is 11.4. The zero-order chi connectivity index (χ0) is 12.6. The minimum Gasteiger partial charge on any atom is -0.460 e. The van der Waals surface area contributed by atoms with Crippen LogP contribution in [0.5, 0.6) is 0 Å². The lowest BCUT2D eigenvalue weighted by molar-refractivity contribution is -0.155. The van der Waals surface area contributed by atoms with E-state index < -0.39 is 0 Å². The maximum absolute atomic E-state index is 11.4. The highest BCUT2D eigenvalue weighted by molar-refractivity contribution is 5.70. The van der Waals surface area contributed by atoms with E-state index in [-0.39, 0.29) is 11.6 Å². The molecule has 0 fully saturated rings. The van der Waals surface area contributed by atoms with Crippen LogP contribution in [0, 0.1) is 0 Å². The van der Waals surface area contributed by atoms with Gasteiger partial charge in [0.25, 0.3) is 0 Å². The number of rotatable bonds is 7. The molecule has 0 aromatic heterocycles. The quantitative estimate of drug-likeness (QED) is 0.493. The van der Waals surface area contributed by atoms with E-state index in [1.54, 1.807) is 0 Å². The lowest BCUT2D eigenvalue weighted by Crippen LogP contribution is -2.29. The van der Waals surface area contributed by atoms with Crippen LogP contribution < -0.4 is 0 Å². The van der Waals surface area contributed by atoms with Gasteiger partial charge in [-0.1, -0.05) is 0 Å². The number of carbonyl (C=O) groups is 1. The van der Waals surface area contributed by atoms with E-state index in [9.17, 15) is 4.79 Å². The third-order valence-electron chi connectivity index (χ3n) is 1.94. The van der Waals surface area contributed by atoms with Crippen molar-refractivity contribution < 1.29 is 14.3 Å². The van der Waals surface area contributed by atoms with E-state index in [0.717, 1.165) is 13.2 Å². The van der Waals surface area contributed by atoms with Gasteiger partial charge in [0.15, 0.2) is 0 Å². The van der Waals surface area contributed by atoms with Crippen molar-refractivity contribution in [3.63, 3.8) is 0 Å². The first-order valence-corrected chi connectivity index (χ1v) is 5.83. The van der Waals surface area contributed by atoms with Crippen LogP contribution in [0.1, 0.15) is 34.1 Å². The zero-order valence-electron chi connectivity index (χ0n) is 11.2. The molecule has 0 aromatic rings. The standard InChI is InChI=1S/C12H25NO3/c1-6-15-10-9-13(5)8-7-11(14)16-12(2,3)4/h6-10H2,1-5H3. The van der Waals surface area contributed by atoms with Crippen molar-refractivity contribution in [1.82, 2.24) is 4.90 Å². The Bertz CT molecular complexity index is 199. The van der Waals surface area contributed by atoms with Gasteiger partial charge in [0.05, 0.1) is 13.0 Å². The van der Waals surface area contributed by atoms with Crippen LogP contribution in [-0.4, -0.2) is 49.8 Å². The highest BCUT2D eigenvalue weighted by atomic mass is 16.6. The van der Waals surface area contributed by atoms with Crippen LogP contribution in [0.3, 0.4) is 0 Å². The van der Waals surface area contributed by atoms with Crippen LogP contribution in [0.25, 0.3) is 0 Å². The van der Waals surface area contributed by atoms with Crippen LogP contribution in [0.15, 0.2) is 0 Å². The van der Waals surface area contributed by atoms with Gasteiger partial charge in [-0.2, -0.15) is 0 Å². The van der Waals surface area contributed by atoms with E-state index >= 15 is 0 Å². The first-order chi connectivity index (χ1) is 7.35. The molecule has 0 aromatic carbocycles. The molecular formula is C12H25NO3. The van der Waals surface area contributed by atoms with Gasteiger partial charge in [-0.3, -0.25) is 4.79 Å². The number of esters is 1. The maximum Gasteiger partial charge on any atom is 0.307 e. The van der Waals surface area contributed by atoms with Gasteiger partial charge in [-0.05, 0) is 34.7 Å². The van der Waals surface area contributed by atoms with Crippen LogP contribution in [-0.2, 0) is 14.3 Å². The van der Waals surface area contributed by atoms with Gasteiger partial charge < -0.3 is 14.4 Å². The largest absolute Gasteiger partial charge is 0.460 e. The molecule has 0 saturated carbocycles. The molecule has 0 atom stereocenters. The molecule has 0 aliphatic carbocycles. The average molecular weight is 231 g/mol. The number of hydrogen-bond acceptors (Lipinski definition) is 4. The molecule has 0 heterocycles. The van der Waals surface area contributed by atoms with Crippen LogP contribution in [0.4, 0.5) is 0 Å². The van der Waals surface area contributed by atoms with E-state index in [4.69, 9.17) is 9.47 Å². The number of likely N-dealkylation sites (N-methyl/N-ethyl adjacent to an activating group) is 1. The molecule has 0 N–H and O–H groups in total. The van der Waals surface area contributed by atoms with Crippen molar-refractivity contribution in [2.75, 3.05) is 33.4 Å². The Hall–Kier alpha value is -0.610. The number of hydrogen-bond donors (Lipinski definition) is 0. The summed E-state index contributed by atoms with van der Waals surface area (Å²) in [6.45, 7) is 10.6. The molecule has 0 rings (SSSR count). The minimum absolute atomic E-state index is 0.143. The summed E-state index contributed by atoms with van der Waals surface area (Å²) in [6, 6.07) is 0. The Morgan fingerprint density at radius 1 is 1.25 bits per heavy atom. The lowest BCUT2D eigenvalue weighted by Gasteiger charge is -2.21. The van der Waals surface area contributed by atoms with Gasteiger partial charge in [0.2, 0.25) is 0 Å². The number of nitrogens with zero attached hydrogens (tertiary/aromatic N) is 1. The van der Waals surface area contributed by atoms with Gasteiger partial charge in [0, 0.05) is 19.7 Å². The van der Waals surface area contributed by atoms with Crippen molar-refractivity contribution >= 4 is 5.97 Å². The number of carbonyl (C=O) groups excluding carboxylic acids is 1. The van der Waals surface area contributed by atoms with E-state index in [2.05, 4.69) is 4.90 Å². The molecule has 0 amide bonds. The summed E-state index contributed by atoms with van der Waals surface area (Å²) in [4.78, 5) is 13.5. The predicted molar refractivity (Wildman–Crippen MR) is 64.5 cm³/mol. The van der Waals surface area contributed by atoms with Gasteiger partial charge in [-0.15, -0.1) is 0 Å². The average Bonchev–Trinajstić information content (AvgIpc) is 2.12. The first kappa shape index (κ1) is 15.4. The normalized spacial score (nSPS) is 11.9. The fraction of sp³-hybridized carbons (Fsp3) is 0.917.